The number of morpholine rings is 1. The zero-order valence-electron chi connectivity index (χ0n) is 11.3. The van der Waals surface area contributed by atoms with Crippen LogP contribution >= 0.6 is 0 Å². The molecule has 19 heavy (non-hydrogen) atoms. The van der Waals surface area contributed by atoms with E-state index in [0.717, 1.165) is 0 Å². The van der Waals surface area contributed by atoms with Crippen LogP contribution in [0.5, 0.6) is 0 Å². The molecule has 7 nitrogen and oxygen atoms in total. The second-order valence-electron chi connectivity index (χ2n) is 4.77. The summed E-state index contributed by atoms with van der Waals surface area (Å²) in [6, 6.07) is -0.401. The predicted octanol–water partition coefficient (Wildman–Crippen LogP) is -0.112. The van der Waals surface area contributed by atoms with Crippen LogP contribution in [0.25, 0.3) is 0 Å². The highest BCUT2D eigenvalue weighted by atomic mass is 16.5. The number of rotatable bonds is 5. The van der Waals surface area contributed by atoms with Crippen LogP contribution in [0.15, 0.2) is 0 Å². The Bertz CT molecular complexity index is 323. The highest BCUT2D eigenvalue weighted by Crippen LogP contribution is 2.11. The average Bonchev–Trinajstić information content (AvgIpc) is 2.39. The Balaban J connectivity index is 2.49. The molecule has 0 aromatic heterocycles. The van der Waals surface area contributed by atoms with Crippen molar-refractivity contribution in [3.63, 3.8) is 0 Å². The number of hydrogen-bond acceptors (Lipinski definition) is 4. The SMILES string of the molecule is CCC(CNC(=O)N1CC(CO)OCC1C)C(=O)O. The van der Waals surface area contributed by atoms with Crippen LogP contribution in [-0.4, -0.2) is 65.6 Å². The fraction of sp³-hybridized carbons (Fsp3) is 0.833. The maximum atomic E-state index is 12.0. The summed E-state index contributed by atoms with van der Waals surface area (Å²) in [6.45, 7) is 4.27. The molecule has 0 aliphatic carbocycles. The number of nitrogens with one attached hydrogen (secondary N) is 1. The smallest absolute Gasteiger partial charge is 0.317 e. The number of carbonyl (C=O) groups is 2. The molecule has 7 heteroatoms. The Kier molecular flexibility index (Phi) is 6.04. The molecule has 3 atom stereocenters. The van der Waals surface area contributed by atoms with Crippen molar-refractivity contribution in [1.29, 1.82) is 0 Å². The van der Waals surface area contributed by atoms with E-state index in [9.17, 15) is 9.59 Å². The van der Waals surface area contributed by atoms with Crippen molar-refractivity contribution in [3.8, 4) is 0 Å². The lowest BCUT2D eigenvalue weighted by atomic mass is 10.1. The van der Waals surface area contributed by atoms with E-state index in [-0.39, 0.29) is 31.3 Å². The minimum Gasteiger partial charge on any atom is -0.481 e. The molecule has 3 unspecified atom stereocenters. The van der Waals surface area contributed by atoms with E-state index in [2.05, 4.69) is 5.32 Å². The van der Waals surface area contributed by atoms with Gasteiger partial charge >= 0.3 is 12.0 Å². The predicted molar refractivity (Wildman–Crippen MR) is 67.8 cm³/mol. The van der Waals surface area contributed by atoms with Gasteiger partial charge in [-0.15, -0.1) is 0 Å². The van der Waals surface area contributed by atoms with Crippen LogP contribution in [-0.2, 0) is 9.53 Å². The van der Waals surface area contributed by atoms with E-state index >= 15 is 0 Å². The molecule has 1 rings (SSSR count). The van der Waals surface area contributed by atoms with Crippen molar-refractivity contribution < 1.29 is 24.5 Å². The van der Waals surface area contributed by atoms with E-state index in [0.29, 0.717) is 19.6 Å². The first kappa shape index (κ1) is 15.7. The number of carboxylic acids is 1. The monoisotopic (exact) mass is 274 g/mol. The molecule has 1 aliphatic rings. The molecule has 3 N–H and O–H groups in total. The van der Waals surface area contributed by atoms with Crippen molar-refractivity contribution in [2.45, 2.75) is 32.4 Å². The van der Waals surface area contributed by atoms with Gasteiger partial charge in [-0.3, -0.25) is 4.79 Å². The van der Waals surface area contributed by atoms with E-state index < -0.39 is 11.9 Å². The van der Waals surface area contributed by atoms with Gasteiger partial charge in [0.25, 0.3) is 0 Å². The first-order valence-corrected chi connectivity index (χ1v) is 6.49. The minimum absolute atomic E-state index is 0.0901. The number of aliphatic hydroxyl groups is 1. The van der Waals surface area contributed by atoms with Crippen LogP contribution in [0.2, 0.25) is 0 Å². The molecule has 1 saturated heterocycles. The number of carbonyl (C=O) groups excluding carboxylic acids is 1. The lowest BCUT2D eigenvalue weighted by Gasteiger charge is -2.37. The largest absolute Gasteiger partial charge is 0.481 e. The second-order valence-corrected chi connectivity index (χ2v) is 4.77. The van der Waals surface area contributed by atoms with Gasteiger partial charge in [0.05, 0.1) is 37.8 Å². The van der Waals surface area contributed by atoms with Crippen LogP contribution < -0.4 is 5.32 Å². The van der Waals surface area contributed by atoms with Crippen molar-refractivity contribution in [2.24, 2.45) is 5.92 Å². The highest BCUT2D eigenvalue weighted by molar-refractivity contribution is 5.76. The molecule has 0 radical (unpaired) electrons. The van der Waals surface area contributed by atoms with Crippen LogP contribution in [0.1, 0.15) is 20.3 Å². The zero-order chi connectivity index (χ0) is 14.4. The normalized spacial score (nSPS) is 24.9. The molecule has 0 aromatic rings. The van der Waals surface area contributed by atoms with Crippen molar-refractivity contribution in [1.82, 2.24) is 10.2 Å². The topological polar surface area (TPSA) is 99.1 Å². The quantitative estimate of drug-likeness (QED) is 0.649. The lowest BCUT2D eigenvalue weighted by molar-refractivity contribution is -0.141. The molecule has 1 aliphatic heterocycles. The third kappa shape index (κ3) is 4.36. The molecule has 0 aromatic carbocycles. The zero-order valence-corrected chi connectivity index (χ0v) is 11.3. The maximum absolute atomic E-state index is 12.0. The Labute approximate surface area is 112 Å². The fourth-order valence-corrected chi connectivity index (χ4v) is 1.93. The number of aliphatic hydroxyl groups excluding tert-OH is 1. The molecule has 2 amide bonds. The van der Waals surface area contributed by atoms with Gasteiger partial charge in [-0.05, 0) is 13.3 Å². The van der Waals surface area contributed by atoms with Gasteiger partial charge in [-0.2, -0.15) is 0 Å². The van der Waals surface area contributed by atoms with Gasteiger partial charge < -0.3 is 25.2 Å². The number of amides is 2. The maximum Gasteiger partial charge on any atom is 0.317 e. The van der Waals surface area contributed by atoms with Crippen molar-refractivity contribution >= 4 is 12.0 Å². The molecule has 1 heterocycles. The Hall–Kier alpha value is -1.34. The first-order chi connectivity index (χ1) is 8.99. The third-order valence-corrected chi connectivity index (χ3v) is 3.31. The third-order valence-electron chi connectivity index (χ3n) is 3.31. The summed E-state index contributed by atoms with van der Waals surface area (Å²) in [5, 5.41) is 20.6. The van der Waals surface area contributed by atoms with Crippen LogP contribution in [0.4, 0.5) is 4.79 Å². The molecule has 0 spiro atoms. The molecule has 0 saturated carbocycles. The van der Waals surface area contributed by atoms with Crippen molar-refractivity contribution in [2.75, 3.05) is 26.3 Å². The molecule has 1 fully saturated rings. The minimum atomic E-state index is -0.911. The van der Waals surface area contributed by atoms with Gasteiger partial charge in [-0.25, -0.2) is 4.79 Å². The van der Waals surface area contributed by atoms with Gasteiger partial charge in [0.2, 0.25) is 0 Å². The van der Waals surface area contributed by atoms with Crippen LogP contribution in [0, 0.1) is 5.92 Å². The number of nitrogens with zero attached hydrogens (tertiary/aromatic N) is 1. The number of carboxylic acid groups (broad SMARTS) is 1. The summed E-state index contributed by atoms with van der Waals surface area (Å²) < 4.78 is 5.34. The Morgan fingerprint density at radius 3 is 2.74 bits per heavy atom. The molecular formula is C12H22N2O5. The average molecular weight is 274 g/mol. The van der Waals surface area contributed by atoms with E-state index in [1.54, 1.807) is 11.8 Å². The van der Waals surface area contributed by atoms with Gasteiger partial charge in [0, 0.05) is 6.54 Å². The fourth-order valence-electron chi connectivity index (χ4n) is 1.93. The summed E-state index contributed by atoms with van der Waals surface area (Å²) >= 11 is 0. The summed E-state index contributed by atoms with van der Waals surface area (Å²) in [4.78, 5) is 24.4. The number of urea groups is 1. The Morgan fingerprint density at radius 2 is 2.21 bits per heavy atom. The number of ether oxygens (including phenoxy) is 1. The van der Waals surface area contributed by atoms with Gasteiger partial charge in [0.15, 0.2) is 0 Å². The summed E-state index contributed by atoms with van der Waals surface area (Å²) in [7, 11) is 0. The molecular weight excluding hydrogens is 252 g/mol. The van der Waals surface area contributed by atoms with E-state index in [4.69, 9.17) is 14.9 Å². The van der Waals surface area contributed by atoms with E-state index in [1.165, 1.54) is 0 Å². The number of hydrogen-bond donors (Lipinski definition) is 3. The lowest BCUT2D eigenvalue weighted by Crippen LogP contribution is -2.55. The second kappa shape index (κ2) is 7.30. The Morgan fingerprint density at radius 1 is 1.53 bits per heavy atom. The summed E-state index contributed by atoms with van der Waals surface area (Å²) in [6.07, 6.45) is 0.0940. The summed E-state index contributed by atoms with van der Waals surface area (Å²) in [5.74, 6) is -1.49. The molecule has 0 bridgehead atoms. The highest BCUT2D eigenvalue weighted by Gasteiger charge is 2.29. The van der Waals surface area contributed by atoms with Gasteiger partial charge in [0.1, 0.15) is 0 Å². The van der Waals surface area contributed by atoms with Crippen molar-refractivity contribution in [3.05, 3.63) is 0 Å². The van der Waals surface area contributed by atoms with Gasteiger partial charge in [-0.1, -0.05) is 6.92 Å². The summed E-state index contributed by atoms with van der Waals surface area (Å²) in [5.41, 5.74) is 0. The van der Waals surface area contributed by atoms with Crippen LogP contribution in [0.3, 0.4) is 0 Å². The molecule has 110 valence electrons. The van der Waals surface area contributed by atoms with E-state index in [1.807, 2.05) is 6.92 Å². The standard InChI is InChI=1S/C12H22N2O5/c1-3-9(11(16)17)4-13-12(18)14-5-10(6-15)19-7-8(14)2/h8-10,15H,3-7H2,1-2H3,(H,13,18)(H,16,17). The first-order valence-electron chi connectivity index (χ1n) is 6.49. The number of aliphatic carboxylic acids is 1.